The Morgan fingerprint density at radius 2 is 1.86 bits per heavy atom. The van der Waals surface area contributed by atoms with Gasteiger partial charge in [0.15, 0.2) is 11.5 Å². The van der Waals surface area contributed by atoms with Crippen molar-refractivity contribution in [2.75, 3.05) is 20.4 Å². The molecule has 0 saturated carbocycles. The highest BCUT2D eigenvalue weighted by Gasteiger charge is 2.23. The minimum Gasteiger partial charge on any atom is -0.497 e. The van der Waals surface area contributed by atoms with Gasteiger partial charge in [0, 0.05) is 46.2 Å². The smallest absolute Gasteiger partial charge is 0.231 e. The predicted octanol–water partition coefficient (Wildman–Crippen LogP) is 5.22. The molecule has 2 aromatic heterocycles. The molecule has 0 bridgehead atoms. The number of fused-ring (bicyclic) bond motifs is 3. The molecule has 2 N–H and O–H groups in total. The van der Waals surface area contributed by atoms with Gasteiger partial charge in [-0.3, -0.25) is 4.79 Å². The van der Waals surface area contributed by atoms with Crippen LogP contribution in [0.25, 0.3) is 33.2 Å². The van der Waals surface area contributed by atoms with E-state index >= 15 is 0 Å². The van der Waals surface area contributed by atoms with E-state index in [-0.39, 0.29) is 19.1 Å². The van der Waals surface area contributed by atoms with Crippen LogP contribution in [-0.2, 0) is 17.6 Å². The average Bonchev–Trinajstić information content (AvgIpc) is 3.60. The summed E-state index contributed by atoms with van der Waals surface area (Å²) >= 11 is 0. The van der Waals surface area contributed by atoms with Gasteiger partial charge in [0.25, 0.3) is 0 Å². The van der Waals surface area contributed by atoms with E-state index in [1.807, 2.05) is 66.9 Å². The number of benzene rings is 3. The zero-order valence-corrected chi connectivity index (χ0v) is 19.2. The van der Waals surface area contributed by atoms with Crippen LogP contribution < -0.4 is 19.5 Å². The molecular formula is C28H24N2O5. The SMILES string of the molecule is COc1ccc2[nH]cc(CCNC(=O)Cc3c(-c4ccccc4)oc4cc5c(cc34)OCO5)c2c1. The van der Waals surface area contributed by atoms with Crippen LogP contribution in [0, 0.1) is 0 Å². The fourth-order valence-electron chi connectivity index (χ4n) is 4.59. The second kappa shape index (κ2) is 8.76. The van der Waals surface area contributed by atoms with Crippen LogP contribution in [0.4, 0.5) is 0 Å². The van der Waals surface area contributed by atoms with E-state index in [2.05, 4.69) is 10.3 Å². The molecule has 35 heavy (non-hydrogen) atoms. The van der Waals surface area contributed by atoms with Crippen LogP contribution in [0.5, 0.6) is 17.2 Å². The van der Waals surface area contributed by atoms with Gasteiger partial charge in [-0.2, -0.15) is 0 Å². The maximum Gasteiger partial charge on any atom is 0.231 e. The van der Waals surface area contributed by atoms with Crippen molar-refractivity contribution in [3.8, 4) is 28.6 Å². The molecule has 3 heterocycles. The normalized spacial score (nSPS) is 12.4. The third-order valence-electron chi connectivity index (χ3n) is 6.35. The van der Waals surface area contributed by atoms with Gasteiger partial charge < -0.3 is 28.9 Å². The highest BCUT2D eigenvalue weighted by Crippen LogP contribution is 2.42. The summed E-state index contributed by atoms with van der Waals surface area (Å²) in [6.45, 7) is 0.703. The highest BCUT2D eigenvalue weighted by molar-refractivity contribution is 5.95. The third kappa shape index (κ3) is 3.95. The lowest BCUT2D eigenvalue weighted by Crippen LogP contribution is -2.27. The summed E-state index contributed by atoms with van der Waals surface area (Å²) in [5, 5.41) is 5.02. The predicted molar refractivity (Wildman–Crippen MR) is 133 cm³/mol. The molecule has 0 unspecified atom stereocenters. The Morgan fingerprint density at radius 3 is 2.69 bits per heavy atom. The van der Waals surface area contributed by atoms with Gasteiger partial charge in [-0.05, 0) is 36.2 Å². The van der Waals surface area contributed by atoms with Crippen LogP contribution in [0.15, 0.2) is 71.3 Å². The first-order valence-corrected chi connectivity index (χ1v) is 11.5. The molecule has 7 heteroatoms. The molecule has 0 spiro atoms. The molecule has 0 atom stereocenters. The molecule has 0 radical (unpaired) electrons. The number of H-pyrrole nitrogens is 1. The molecule has 3 aromatic carbocycles. The standard InChI is InChI=1S/C28H24N2O5/c1-32-19-7-8-23-20(11-19)18(15-30-23)9-10-29-27(31)13-22-21-12-25-26(34-16-33-25)14-24(21)35-28(22)17-5-3-2-4-6-17/h2-8,11-12,14-15,30H,9-10,13,16H2,1H3,(H,29,31). The molecule has 6 rings (SSSR count). The van der Waals surface area contributed by atoms with Crippen LogP contribution in [0.3, 0.4) is 0 Å². The Balaban J connectivity index is 1.23. The van der Waals surface area contributed by atoms with Gasteiger partial charge in [0.05, 0.1) is 13.5 Å². The lowest BCUT2D eigenvalue weighted by Gasteiger charge is -2.07. The first-order chi connectivity index (χ1) is 17.2. The molecule has 7 nitrogen and oxygen atoms in total. The molecule has 1 amide bonds. The second-order valence-electron chi connectivity index (χ2n) is 8.48. The lowest BCUT2D eigenvalue weighted by atomic mass is 10.0. The van der Waals surface area contributed by atoms with Crippen molar-refractivity contribution in [3.63, 3.8) is 0 Å². The number of carbonyl (C=O) groups is 1. The average molecular weight is 469 g/mol. The minimum absolute atomic E-state index is 0.0695. The van der Waals surface area contributed by atoms with E-state index in [4.69, 9.17) is 18.6 Å². The van der Waals surface area contributed by atoms with Crippen molar-refractivity contribution in [1.29, 1.82) is 0 Å². The van der Waals surface area contributed by atoms with Gasteiger partial charge in [0.2, 0.25) is 12.7 Å². The van der Waals surface area contributed by atoms with E-state index < -0.39 is 0 Å². The number of aromatic amines is 1. The molecule has 176 valence electrons. The van der Waals surface area contributed by atoms with Crippen molar-refractivity contribution in [2.24, 2.45) is 0 Å². The van der Waals surface area contributed by atoms with Gasteiger partial charge >= 0.3 is 0 Å². The quantitative estimate of drug-likeness (QED) is 0.342. The number of aromatic nitrogens is 1. The Bertz CT molecular complexity index is 1530. The van der Waals surface area contributed by atoms with Crippen molar-refractivity contribution in [3.05, 3.63) is 78.0 Å². The van der Waals surface area contributed by atoms with Crippen LogP contribution in [-0.4, -0.2) is 31.3 Å². The minimum atomic E-state index is -0.0695. The zero-order chi connectivity index (χ0) is 23.8. The largest absolute Gasteiger partial charge is 0.497 e. The molecule has 5 aromatic rings. The zero-order valence-electron chi connectivity index (χ0n) is 19.2. The summed E-state index contributed by atoms with van der Waals surface area (Å²) < 4.78 is 22.6. The molecule has 1 aliphatic heterocycles. The number of amides is 1. The van der Waals surface area contributed by atoms with Gasteiger partial charge in [-0.15, -0.1) is 0 Å². The second-order valence-corrected chi connectivity index (χ2v) is 8.48. The highest BCUT2D eigenvalue weighted by atomic mass is 16.7. The number of hydrogen-bond donors (Lipinski definition) is 2. The van der Waals surface area contributed by atoms with Crippen LogP contribution in [0.1, 0.15) is 11.1 Å². The fourth-order valence-corrected chi connectivity index (χ4v) is 4.59. The summed E-state index contributed by atoms with van der Waals surface area (Å²) in [6.07, 6.45) is 2.88. The molecular weight excluding hydrogens is 444 g/mol. The van der Waals surface area contributed by atoms with E-state index in [0.717, 1.165) is 38.7 Å². The maximum atomic E-state index is 13.0. The van der Waals surface area contributed by atoms with Crippen molar-refractivity contribution in [2.45, 2.75) is 12.8 Å². The lowest BCUT2D eigenvalue weighted by molar-refractivity contribution is -0.120. The van der Waals surface area contributed by atoms with E-state index in [9.17, 15) is 4.79 Å². The Morgan fingerprint density at radius 1 is 1.03 bits per heavy atom. The van der Waals surface area contributed by atoms with Gasteiger partial charge in [-0.1, -0.05) is 30.3 Å². The molecule has 0 aliphatic carbocycles. The van der Waals surface area contributed by atoms with E-state index in [0.29, 0.717) is 35.8 Å². The fraction of sp³-hybridized carbons (Fsp3) is 0.179. The number of furan rings is 1. The van der Waals surface area contributed by atoms with Gasteiger partial charge in [0.1, 0.15) is 17.1 Å². The van der Waals surface area contributed by atoms with Crippen LogP contribution in [0.2, 0.25) is 0 Å². The Hall–Kier alpha value is -4.39. The number of hydrogen-bond acceptors (Lipinski definition) is 5. The van der Waals surface area contributed by atoms with Crippen LogP contribution >= 0.6 is 0 Å². The summed E-state index contributed by atoms with van der Waals surface area (Å²) in [5.74, 6) is 2.73. The van der Waals surface area contributed by atoms with E-state index in [1.54, 1.807) is 7.11 Å². The van der Waals surface area contributed by atoms with Crippen molar-refractivity contribution in [1.82, 2.24) is 10.3 Å². The number of methoxy groups -OCH3 is 1. The summed E-state index contributed by atoms with van der Waals surface area (Å²) in [4.78, 5) is 16.3. The van der Waals surface area contributed by atoms with Gasteiger partial charge in [-0.25, -0.2) is 0 Å². The van der Waals surface area contributed by atoms with Crippen molar-refractivity contribution >= 4 is 27.8 Å². The number of nitrogens with one attached hydrogen (secondary N) is 2. The number of ether oxygens (including phenoxy) is 3. The maximum absolute atomic E-state index is 13.0. The Kier molecular flexibility index (Phi) is 5.29. The summed E-state index contributed by atoms with van der Waals surface area (Å²) in [6, 6.07) is 19.5. The summed E-state index contributed by atoms with van der Waals surface area (Å²) in [7, 11) is 1.66. The Labute approximate surface area is 201 Å². The summed E-state index contributed by atoms with van der Waals surface area (Å²) in [5.41, 5.74) is 4.59. The molecule has 0 fully saturated rings. The first-order valence-electron chi connectivity index (χ1n) is 11.5. The van der Waals surface area contributed by atoms with Crippen molar-refractivity contribution < 1.29 is 23.4 Å². The number of rotatable bonds is 7. The third-order valence-corrected chi connectivity index (χ3v) is 6.35. The van der Waals surface area contributed by atoms with E-state index in [1.165, 1.54) is 0 Å². The first kappa shape index (κ1) is 21.2. The molecule has 0 saturated heterocycles. The topological polar surface area (TPSA) is 85.7 Å². The molecule has 1 aliphatic rings. The monoisotopic (exact) mass is 468 g/mol. The number of carbonyl (C=O) groups excluding carboxylic acids is 1.